The van der Waals surface area contributed by atoms with Gasteiger partial charge in [-0.15, -0.1) is 6.58 Å². The fourth-order valence-corrected chi connectivity index (χ4v) is 2.60. The van der Waals surface area contributed by atoms with Gasteiger partial charge in [-0.25, -0.2) is 10.2 Å². The highest BCUT2D eigenvalue weighted by atomic mass is 16.3. The third-order valence-electron chi connectivity index (χ3n) is 3.94. The lowest BCUT2D eigenvalue weighted by molar-refractivity contribution is 0.474. The lowest BCUT2D eigenvalue weighted by atomic mass is 10.1. The van der Waals surface area contributed by atoms with Crippen LogP contribution in [0.2, 0.25) is 0 Å². The number of anilines is 1. The Bertz CT molecular complexity index is 1140. The molecule has 0 aliphatic heterocycles. The molecule has 0 unspecified atom stereocenters. The van der Waals surface area contributed by atoms with E-state index in [9.17, 15) is 14.7 Å². The fraction of sp³-hybridized carbons (Fsp3) is 0.176. The number of aromatic amines is 1. The topological polar surface area (TPSA) is 117 Å². The van der Waals surface area contributed by atoms with E-state index in [4.69, 9.17) is 0 Å². The molecule has 9 heteroatoms. The quantitative estimate of drug-likeness (QED) is 0.361. The highest BCUT2D eigenvalue weighted by molar-refractivity contribution is 6.01. The van der Waals surface area contributed by atoms with Crippen LogP contribution in [0.1, 0.15) is 12.5 Å². The number of aromatic hydroxyl groups is 1. The number of imidazole rings is 1. The summed E-state index contributed by atoms with van der Waals surface area (Å²) in [5.74, 6) is 0.385. The molecule has 0 atom stereocenters. The van der Waals surface area contributed by atoms with E-state index in [1.165, 1.54) is 11.6 Å². The Kier molecular flexibility index (Phi) is 4.44. The van der Waals surface area contributed by atoms with Crippen LogP contribution in [0.4, 0.5) is 5.95 Å². The molecule has 3 aromatic rings. The number of allylic oxidation sites excluding steroid dienone is 1. The molecule has 3 rings (SSSR count). The van der Waals surface area contributed by atoms with E-state index in [0.29, 0.717) is 17.8 Å². The van der Waals surface area contributed by atoms with Crippen LogP contribution in [0, 0.1) is 0 Å². The third kappa shape index (κ3) is 2.90. The molecule has 0 aliphatic rings. The molecule has 1 aromatic carbocycles. The summed E-state index contributed by atoms with van der Waals surface area (Å²) in [7, 11) is 1.52. The van der Waals surface area contributed by atoms with E-state index in [1.807, 2.05) is 0 Å². The van der Waals surface area contributed by atoms with Crippen molar-refractivity contribution in [3.05, 3.63) is 63.3 Å². The Morgan fingerprint density at radius 2 is 2.15 bits per heavy atom. The van der Waals surface area contributed by atoms with Crippen LogP contribution < -0.4 is 16.7 Å². The molecule has 134 valence electrons. The molecule has 0 aliphatic carbocycles. The van der Waals surface area contributed by atoms with Crippen LogP contribution >= 0.6 is 0 Å². The van der Waals surface area contributed by atoms with Crippen LogP contribution in [-0.2, 0) is 13.6 Å². The molecule has 0 amide bonds. The number of phenolic OH excluding ortho intramolecular Hbond substituents is 1. The maximum atomic E-state index is 12.2. The summed E-state index contributed by atoms with van der Waals surface area (Å²) in [4.78, 5) is 30.6. The zero-order valence-corrected chi connectivity index (χ0v) is 14.4. The van der Waals surface area contributed by atoms with E-state index >= 15 is 0 Å². The molecule has 0 saturated heterocycles. The number of nitrogens with one attached hydrogen (secondary N) is 2. The molecule has 2 aromatic heterocycles. The molecule has 0 radical (unpaired) electrons. The van der Waals surface area contributed by atoms with Gasteiger partial charge in [-0.05, 0) is 19.1 Å². The van der Waals surface area contributed by atoms with Crippen LogP contribution in [0.3, 0.4) is 0 Å². The van der Waals surface area contributed by atoms with Crippen molar-refractivity contribution < 1.29 is 5.11 Å². The number of hydrazone groups is 1. The Labute approximate surface area is 147 Å². The number of hydrogen-bond acceptors (Lipinski definition) is 6. The average molecular weight is 354 g/mol. The summed E-state index contributed by atoms with van der Waals surface area (Å²) < 4.78 is 2.82. The number of benzene rings is 1. The largest absolute Gasteiger partial charge is 0.507 e. The fourth-order valence-electron chi connectivity index (χ4n) is 2.60. The summed E-state index contributed by atoms with van der Waals surface area (Å²) in [6.07, 6.45) is 1.61. The van der Waals surface area contributed by atoms with Crippen LogP contribution in [0.5, 0.6) is 5.75 Å². The second kappa shape index (κ2) is 6.71. The van der Waals surface area contributed by atoms with E-state index in [-0.39, 0.29) is 22.9 Å². The van der Waals surface area contributed by atoms with Gasteiger partial charge < -0.3 is 5.11 Å². The summed E-state index contributed by atoms with van der Waals surface area (Å²) in [5, 5.41) is 14.1. The molecule has 3 N–H and O–H groups in total. The molecule has 9 nitrogen and oxygen atoms in total. The molecular formula is C17H18N6O3. The zero-order chi connectivity index (χ0) is 18.8. The second-order valence-electron chi connectivity index (χ2n) is 5.65. The Hall–Kier alpha value is -3.62. The molecule has 0 bridgehead atoms. The van der Waals surface area contributed by atoms with Crippen molar-refractivity contribution in [1.82, 2.24) is 19.1 Å². The summed E-state index contributed by atoms with van der Waals surface area (Å²) >= 11 is 0. The summed E-state index contributed by atoms with van der Waals surface area (Å²) in [6.45, 7) is 5.71. The smallest absolute Gasteiger partial charge is 0.329 e. The first-order valence-corrected chi connectivity index (χ1v) is 7.83. The normalized spacial score (nSPS) is 11.7. The average Bonchev–Trinajstić information content (AvgIpc) is 2.97. The lowest BCUT2D eigenvalue weighted by Gasteiger charge is -2.07. The van der Waals surface area contributed by atoms with Crippen molar-refractivity contribution in [2.75, 3.05) is 5.43 Å². The first-order chi connectivity index (χ1) is 12.4. The molecule has 0 spiro atoms. The minimum atomic E-state index is -0.550. The van der Waals surface area contributed by atoms with Crippen molar-refractivity contribution in [2.45, 2.75) is 13.5 Å². The van der Waals surface area contributed by atoms with Gasteiger partial charge in [0.2, 0.25) is 5.95 Å². The third-order valence-corrected chi connectivity index (χ3v) is 3.94. The van der Waals surface area contributed by atoms with Crippen LogP contribution in [0.15, 0.2) is 51.6 Å². The predicted octanol–water partition coefficient (Wildman–Crippen LogP) is 1.15. The van der Waals surface area contributed by atoms with Crippen molar-refractivity contribution in [3.8, 4) is 5.75 Å². The Morgan fingerprint density at radius 3 is 2.85 bits per heavy atom. The van der Waals surface area contributed by atoms with E-state index in [2.05, 4.69) is 27.1 Å². The number of hydrogen-bond donors (Lipinski definition) is 3. The van der Waals surface area contributed by atoms with Gasteiger partial charge in [0.1, 0.15) is 5.75 Å². The van der Waals surface area contributed by atoms with Crippen molar-refractivity contribution in [1.29, 1.82) is 0 Å². The van der Waals surface area contributed by atoms with E-state index < -0.39 is 11.2 Å². The van der Waals surface area contributed by atoms with Crippen molar-refractivity contribution in [3.63, 3.8) is 0 Å². The molecule has 2 heterocycles. The van der Waals surface area contributed by atoms with Gasteiger partial charge >= 0.3 is 5.69 Å². The van der Waals surface area contributed by atoms with Gasteiger partial charge in [0, 0.05) is 19.2 Å². The van der Waals surface area contributed by atoms with Gasteiger partial charge in [0.05, 0.1) is 5.71 Å². The number of aryl methyl sites for hydroxylation is 1. The number of nitrogens with zero attached hydrogens (tertiary/aromatic N) is 4. The number of phenols is 1. The zero-order valence-electron chi connectivity index (χ0n) is 14.4. The van der Waals surface area contributed by atoms with Gasteiger partial charge in [-0.2, -0.15) is 10.1 Å². The van der Waals surface area contributed by atoms with Crippen LogP contribution in [0.25, 0.3) is 11.2 Å². The molecule has 0 fully saturated rings. The summed E-state index contributed by atoms with van der Waals surface area (Å²) in [6, 6.07) is 6.81. The standard InChI is InChI=1S/C17H18N6O3/c1-4-9-23-13-14(22(3)17(26)19-15(13)25)18-16(23)21-20-10(2)11-7-5-6-8-12(11)24/h4-8,24H,1,9H2,2-3H3,(H,18,21)(H,19,25,26). The van der Waals surface area contributed by atoms with Crippen molar-refractivity contribution in [2.24, 2.45) is 12.1 Å². The minimum absolute atomic E-state index is 0.106. The molecule has 0 saturated carbocycles. The highest BCUT2D eigenvalue weighted by Gasteiger charge is 2.16. The van der Waals surface area contributed by atoms with Gasteiger partial charge in [-0.1, -0.05) is 18.2 Å². The van der Waals surface area contributed by atoms with Crippen molar-refractivity contribution >= 4 is 22.8 Å². The van der Waals surface area contributed by atoms with Crippen LogP contribution in [-0.4, -0.2) is 29.9 Å². The Balaban J connectivity index is 2.10. The van der Waals surface area contributed by atoms with E-state index in [1.54, 1.807) is 41.8 Å². The predicted molar refractivity (Wildman–Crippen MR) is 99.7 cm³/mol. The maximum Gasteiger partial charge on any atom is 0.329 e. The van der Waals surface area contributed by atoms with Gasteiger partial charge in [0.15, 0.2) is 11.2 Å². The second-order valence-corrected chi connectivity index (χ2v) is 5.65. The Morgan fingerprint density at radius 1 is 1.42 bits per heavy atom. The molecule has 26 heavy (non-hydrogen) atoms. The number of H-pyrrole nitrogens is 1. The van der Waals surface area contributed by atoms with Gasteiger partial charge in [-0.3, -0.25) is 18.9 Å². The SMILES string of the molecule is C=CCn1c(NN=C(C)c2ccccc2O)nc2c1c(=O)[nH]c(=O)n2C. The lowest BCUT2D eigenvalue weighted by Crippen LogP contribution is -2.29. The minimum Gasteiger partial charge on any atom is -0.507 e. The highest BCUT2D eigenvalue weighted by Crippen LogP contribution is 2.18. The number of aromatic nitrogens is 4. The number of fused-ring (bicyclic) bond motifs is 1. The first kappa shape index (κ1) is 17.2. The molecular weight excluding hydrogens is 336 g/mol. The van der Waals surface area contributed by atoms with E-state index in [0.717, 1.165) is 0 Å². The number of para-hydroxylation sites is 1. The summed E-state index contributed by atoms with van der Waals surface area (Å²) in [5.41, 5.74) is 3.29. The monoisotopic (exact) mass is 354 g/mol. The number of rotatable bonds is 5. The van der Waals surface area contributed by atoms with Gasteiger partial charge in [0.25, 0.3) is 5.56 Å². The first-order valence-electron chi connectivity index (χ1n) is 7.83. The maximum absolute atomic E-state index is 12.2.